The van der Waals surface area contributed by atoms with E-state index in [-0.39, 0.29) is 0 Å². The number of aromatic amines is 1. The van der Waals surface area contributed by atoms with Crippen LogP contribution < -0.4 is 0 Å². The lowest BCUT2D eigenvalue weighted by Gasteiger charge is -2.14. The SMILES string of the molecule is CCCCC(CC)Cc1ccc(CC(CC)CCCC)[nH]1. The van der Waals surface area contributed by atoms with Crippen molar-refractivity contribution < 1.29 is 0 Å². The van der Waals surface area contributed by atoms with Gasteiger partial charge in [-0.2, -0.15) is 0 Å². The van der Waals surface area contributed by atoms with Crippen LogP contribution in [-0.2, 0) is 12.8 Å². The Kier molecular flexibility index (Phi) is 9.54. The van der Waals surface area contributed by atoms with E-state index in [1.165, 1.54) is 75.6 Å². The minimum atomic E-state index is 0.860. The summed E-state index contributed by atoms with van der Waals surface area (Å²) in [6.45, 7) is 9.26. The van der Waals surface area contributed by atoms with Gasteiger partial charge in [-0.15, -0.1) is 0 Å². The summed E-state index contributed by atoms with van der Waals surface area (Å²) in [5, 5.41) is 0. The molecule has 0 saturated carbocycles. The van der Waals surface area contributed by atoms with E-state index in [1.807, 2.05) is 0 Å². The normalized spacial score (nSPS) is 14.3. The Morgan fingerprint density at radius 1 is 0.762 bits per heavy atom. The van der Waals surface area contributed by atoms with Gasteiger partial charge in [0.15, 0.2) is 0 Å². The Balaban J connectivity index is 2.47. The molecule has 1 aromatic rings. The third-order valence-corrected chi connectivity index (χ3v) is 4.91. The van der Waals surface area contributed by atoms with Gasteiger partial charge in [0.05, 0.1) is 0 Å². The fourth-order valence-corrected chi connectivity index (χ4v) is 3.24. The molecule has 1 nitrogen and oxygen atoms in total. The quantitative estimate of drug-likeness (QED) is 0.450. The van der Waals surface area contributed by atoms with E-state index in [0.29, 0.717) is 0 Å². The molecule has 0 radical (unpaired) electrons. The summed E-state index contributed by atoms with van der Waals surface area (Å²) in [6, 6.07) is 4.66. The third-order valence-electron chi connectivity index (χ3n) is 4.91. The average molecular weight is 292 g/mol. The van der Waals surface area contributed by atoms with Crippen LogP contribution in [0.5, 0.6) is 0 Å². The number of rotatable bonds is 12. The predicted molar refractivity (Wildman–Crippen MR) is 94.8 cm³/mol. The molecule has 1 heteroatoms. The predicted octanol–water partition coefficient (Wildman–Crippen LogP) is 6.53. The fourth-order valence-electron chi connectivity index (χ4n) is 3.24. The highest BCUT2D eigenvalue weighted by Gasteiger charge is 2.11. The van der Waals surface area contributed by atoms with Crippen molar-refractivity contribution in [1.82, 2.24) is 4.98 Å². The highest BCUT2D eigenvalue weighted by molar-refractivity contribution is 5.14. The first-order valence-electron chi connectivity index (χ1n) is 9.40. The number of hydrogen-bond acceptors (Lipinski definition) is 0. The average Bonchev–Trinajstić information content (AvgIpc) is 2.94. The maximum atomic E-state index is 3.70. The van der Waals surface area contributed by atoms with Crippen molar-refractivity contribution in [3.63, 3.8) is 0 Å². The van der Waals surface area contributed by atoms with E-state index in [9.17, 15) is 0 Å². The molecular formula is C20H37N. The number of hydrogen-bond donors (Lipinski definition) is 1. The Labute approximate surface area is 132 Å². The van der Waals surface area contributed by atoms with Gasteiger partial charge >= 0.3 is 0 Å². The summed E-state index contributed by atoms with van der Waals surface area (Å²) in [7, 11) is 0. The fraction of sp³-hybridized carbons (Fsp3) is 0.800. The van der Waals surface area contributed by atoms with Crippen molar-refractivity contribution in [2.75, 3.05) is 0 Å². The molecule has 0 aliphatic rings. The zero-order valence-corrected chi connectivity index (χ0v) is 14.9. The van der Waals surface area contributed by atoms with Gasteiger partial charge in [-0.05, 0) is 36.8 Å². The van der Waals surface area contributed by atoms with E-state index in [2.05, 4.69) is 44.8 Å². The topological polar surface area (TPSA) is 15.8 Å². The molecule has 0 aliphatic heterocycles. The number of unbranched alkanes of at least 4 members (excludes halogenated alkanes) is 2. The molecule has 122 valence electrons. The Hall–Kier alpha value is -0.720. The van der Waals surface area contributed by atoms with Gasteiger partial charge < -0.3 is 4.98 Å². The number of H-pyrrole nitrogens is 1. The minimum absolute atomic E-state index is 0.860. The van der Waals surface area contributed by atoms with Crippen LogP contribution in [0.25, 0.3) is 0 Å². The molecule has 2 unspecified atom stereocenters. The maximum Gasteiger partial charge on any atom is 0.0152 e. The standard InChI is InChI=1S/C20H37N/c1-5-9-11-17(7-3)15-19-13-14-20(21-19)16-18(8-4)12-10-6-2/h13-14,17-18,21H,5-12,15-16H2,1-4H3. The van der Waals surface area contributed by atoms with E-state index < -0.39 is 0 Å². The second-order valence-corrected chi connectivity index (χ2v) is 6.75. The summed E-state index contributed by atoms with van der Waals surface area (Å²) >= 11 is 0. The van der Waals surface area contributed by atoms with Crippen LogP contribution in [0.1, 0.15) is 90.4 Å². The lowest BCUT2D eigenvalue weighted by atomic mass is 9.94. The van der Waals surface area contributed by atoms with Crippen LogP contribution in [0.4, 0.5) is 0 Å². The summed E-state index contributed by atoms with van der Waals surface area (Å²) in [5.74, 6) is 1.72. The van der Waals surface area contributed by atoms with Gasteiger partial charge in [-0.1, -0.05) is 79.1 Å². The smallest absolute Gasteiger partial charge is 0.0152 e. The first-order chi connectivity index (χ1) is 10.2. The van der Waals surface area contributed by atoms with Crippen LogP contribution in [0, 0.1) is 11.8 Å². The van der Waals surface area contributed by atoms with Crippen LogP contribution >= 0.6 is 0 Å². The molecule has 0 aliphatic carbocycles. The van der Waals surface area contributed by atoms with Crippen molar-refractivity contribution in [1.29, 1.82) is 0 Å². The molecule has 0 aromatic carbocycles. The molecule has 0 fully saturated rings. The molecule has 1 rings (SSSR count). The summed E-state index contributed by atoms with van der Waals surface area (Å²) in [5.41, 5.74) is 2.91. The minimum Gasteiger partial charge on any atom is -0.362 e. The van der Waals surface area contributed by atoms with Crippen LogP contribution in [0.15, 0.2) is 12.1 Å². The molecule has 1 N–H and O–H groups in total. The highest BCUT2D eigenvalue weighted by atomic mass is 14.7. The van der Waals surface area contributed by atoms with Crippen molar-refractivity contribution in [3.05, 3.63) is 23.5 Å². The molecule has 0 spiro atoms. The Morgan fingerprint density at radius 2 is 1.19 bits per heavy atom. The maximum absolute atomic E-state index is 3.70. The first-order valence-corrected chi connectivity index (χ1v) is 9.40. The first kappa shape index (κ1) is 18.3. The van der Waals surface area contributed by atoms with Crippen molar-refractivity contribution in [2.45, 2.75) is 91.9 Å². The van der Waals surface area contributed by atoms with E-state index in [1.54, 1.807) is 0 Å². The molecule has 21 heavy (non-hydrogen) atoms. The van der Waals surface area contributed by atoms with Gasteiger partial charge in [0.1, 0.15) is 0 Å². The van der Waals surface area contributed by atoms with Crippen LogP contribution in [-0.4, -0.2) is 4.98 Å². The lowest BCUT2D eigenvalue weighted by molar-refractivity contribution is 0.439. The van der Waals surface area contributed by atoms with Gasteiger partial charge in [-0.3, -0.25) is 0 Å². The van der Waals surface area contributed by atoms with Crippen molar-refractivity contribution >= 4 is 0 Å². The molecule has 0 bridgehead atoms. The zero-order chi connectivity index (χ0) is 15.5. The Bertz CT molecular complexity index is 320. The van der Waals surface area contributed by atoms with E-state index in [4.69, 9.17) is 0 Å². The van der Waals surface area contributed by atoms with Gasteiger partial charge in [-0.25, -0.2) is 0 Å². The summed E-state index contributed by atoms with van der Waals surface area (Å²) in [4.78, 5) is 3.70. The van der Waals surface area contributed by atoms with Crippen molar-refractivity contribution in [3.8, 4) is 0 Å². The largest absolute Gasteiger partial charge is 0.362 e. The van der Waals surface area contributed by atoms with Gasteiger partial charge in [0.2, 0.25) is 0 Å². The molecular weight excluding hydrogens is 254 g/mol. The molecule has 0 saturated heterocycles. The lowest BCUT2D eigenvalue weighted by Crippen LogP contribution is -2.05. The van der Waals surface area contributed by atoms with Gasteiger partial charge in [0, 0.05) is 11.4 Å². The monoisotopic (exact) mass is 291 g/mol. The molecule has 2 atom stereocenters. The second kappa shape index (κ2) is 10.9. The van der Waals surface area contributed by atoms with E-state index in [0.717, 1.165) is 11.8 Å². The third kappa shape index (κ3) is 7.20. The molecule has 1 aromatic heterocycles. The summed E-state index contributed by atoms with van der Waals surface area (Å²) in [6.07, 6.45) is 13.3. The zero-order valence-electron chi connectivity index (χ0n) is 14.9. The highest BCUT2D eigenvalue weighted by Crippen LogP contribution is 2.21. The summed E-state index contributed by atoms with van der Waals surface area (Å²) < 4.78 is 0. The number of aromatic nitrogens is 1. The van der Waals surface area contributed by atoms with Crippen molar-refractivity contribution in [2.24, 2.45) is 11.8 Å². The van der Waals surface area contributed by atoms with Crippen LogP contribution in [0.2, 0.25) is 0 Å². The van der Waals surface area contributed by atoms with Gasteiger partial charge in [0.25, 0.3) is 0 Å². The molecule has 1 heterocycles. The Morgan fingerprint density at radius 3 is 1.52 bits per heavy atom. The molecule has 0 amide bonds. The number of nitrogens with one attached hydrogen (secondary N) is 1. The second-order valence-electron chi connectivity index (χ2n) is 6.75. The van der Waals surface area contributed by atoms with Crippen LogP contribution in [0.3, 0.4) is 0 Å². The van der Waals surface area contributed by atoms with E-state index >= 15 is 0 Å².